The van der Waals surface area contributed by atoms with Crippen molar-refractivity contribution < 1.29 is 14.2 Å². The molecule has 0 aliphatic carbocycles. The van der Waals surface area contributed by atoms with Crippen molar-refractivity contribution in [2.75, 3.05) is 39.3 Å². The Balaban J connectivity index is 1.92. The van der Waals surface area contributed by atoms with E-state index < -0.39 is 0 Å². The number of pyridine rings is 1. The second-order valence-electron chi connectivity index (χ2n) is 5.78. The molecular formula is C19H21N3O3. The Hall–Kier alpha value is -2.94. The van der Waals surface area contributed by atoms with E-state index in [1.165, 1.54) is 5.56 Å². The first-order valence-corrected chi connectivity index (χ1v) is 8.13. The van der Waals surface area contributed by atoms with Gasteiger partial charge in [-0.3, -0.25) is 0 Å². The zero-order chi connectivity index (χ0) is 17.8. The lowest BCUT2D eigenvalue weighted by Gasteiger charge is -2.22. The van der Waals surface area contributed by atoms with Crippen LogP contribution in [0.15, 0.2) is 24.4 Å². The lowest BCUT2D eigenvalue weighted by Crippen LogP contribution is -2.26. The highest BCUT2D eigenvalue weighted by Crippen LogP contribution is 2.43. The minimum Gasteiger partial charge on any atom is -0.493 e. The van der Waals surface area contributed by atoms with Crippen LogP contribution in [0.2, 0.25) is 0 Å². The molecule has 0 saturated carbocycles. The van der Waals surface area contributed by atoms with Crippen molar-refractivity contribution >= 4 is 5.69 Å². The van der Waals surface area contributed by atoms with Crippen LogP contribution < -0.4 is 19.1 Å². The number of hydrogen-bond acceptors (Lipinski definition) is 6. The summed E-state index contributed by atoms with van der Waals surface area (Å²) in [5.74, 6) is 2.07. The van der Waals surface area contributed by atoms with Crippen molar-refractivity contribution in [3.05, 3.63) is 41.2 Å². The summed E-state index contributed by atoms with van der Waals surface area (Å²) in [6.07, 6.45) is 3.46. The van der Waals surface area contributed by atoms with Crippen molar-refractivity contribution in [2.24, 2.45) is 0 Å². The van der Waals surface area contributed by atoms with Crippen molar-refractivity contribution in [1.82, 2.24) is 4.98 Å². The Kier molecular flexibility index (Phi) is 4.94. The van der Waals surface area contributed by atoms with Gasteiger partial charge in [-0.05, 0) is 36.6 Å². The second kappa shape index (κ2) is 7.31. The number of anilines is 1. The maximum absolute atomic E-state index is 8.89. The van der Waals surface area contributed by atoms with E-state index >= 15 is 0 Å². The van der Waals surface area contributed by atoms with Crippen LogP contribution >= 0.6 is 0 Å². The van der Waals surface area contributed by atoms with Crippen LogP contribution in [0.5, 0.6) is 17.2 Å². The summed E-state index contributed by atoms with van der Waals surface area (Å²) in [6.45, 7) is 1.70. The van der Waals surface area contributed by atoms with E-state index in [4.69, 9.17) is 19.5 Å². The predicted molar refractivity (Wildman–Crippen MR) is 94.7 cm³/mol. The molecule has 2 heterocycles. The third-order valence-corrected chi connectivity index (χ3v) is 4.54. The van der Waals surface area contributed by atoms with E-state index in [2.05, 4.69) is 16.0 Å². The molecule has 0 unspecified atom stereocenters. The molecule has 6 heteroatoms. The van der Waals surface area contributed by atoms with Crippen LogP contribution in [-0.4, -0.2) is 39.4 Å². The topological polar surface area (TPSA) is 67.6 Å². The summed E-state index contributed by atoms with van der Waals surface area (Å²) in [5, 5.41) is 8.89. The van der Waals surface area contributed by atoms with E-state index in [0.717, 1.165) is 42.9 Å². The number of aromatic nitrogens is 1. The van der Waals surface area contributed by atoms with Gasteiger partial charge in [-0.15, -0.1) is 0 Å². The third-order valence-electron chi connectivity index (χ3n) is 4.54. The smallest absolute Gasteiger partial charge is 0.203 e. The maximum Gasteiger partial charge on any atom is 0.203 e. The van der Waals surface area contributed by atoms with Crippen LogP contribution in [-0.2, 0) is 12.8 Å². The Labute approximate surface area is 147 Å². The van der Waals surface area contributed by atoms with Gasteiger partial charge < -0.3 is 19.1 Å². The third kappa shape index (κ3) is 3.18. The number of rotatable bonds is 4. The Morgan fingerprint density at radius 1 is 1.04 bits per heavy atom. The first-order valence-electron chi connectivity index (χ1n) is 8.13. The molecule has 130 valence electrons. The normalized spacial score (nSPS) is 13.4. The number of fused-ring (bicyclic) bond motifs is 1. The summed E-state index contributed by atoms with van der Waals surface area (Å²) in [7, 11) is 4.91. The lowest BCUT2D eigenvalue weighted by molar-refractivity contribution is 0.321. The molecule has 0 saturated heterocycles. The molecule has 3 rings (SSSR count). The van der Waals surface area contributed by atoms with E-state index in [1.807, 2.05) is 12.1 Å². The quantitative estimate of drug-likeness (QED) is 0.853. The second-order valence-corrected chi connectivity index (χ2v) is 5.78. The lowest BCUT2D eigenvalue weighted by atomic mass is 10.0. The number of nitriles is 1. The predicted octanol–water partition coefficient (Wildman–Crippen LogP) is 2.58. The first kappa shape index (κ1) is 16.9. The van der Waals surface area contributed by atoms with E-state index in [0.29, 0.717) is 17.2 Å². The van der Waals surface area contributed by atoms with E-state index in [-0.39, 0.29) is 0 Å². The van der Waals surface area contributed by atoms with Crippen LogP contribution in [0.4, 0.5) is 5.69 Å². The average molecular weight is 339 g/mol. The molecule has 0 amide bonds. The highest BCUT2D eigenvalue weighted by Gasteiger charge is 2.23. The van der Waals surface area contributed by atoms with Gasteiger partial charge in [-0.2, -0.15) is 5.26 Å². The maximum atomic E-state index is 8.89. The number of nitrogens with zero attached hydrogens (tertiary/aromatic N) is 3. The fraction of sp³-hybridized carbons (Fsp3) is 0.368. The van der Waals surface area contributed by atoms with Gasteiger partial charge >= 0.3 is 0 Å². The summed E-state index contributed by atoms with van der Waals surface area (Å²) in [6, 6.07) is 7.78. The number of benzene rings is 1. The number of methoxy groups -OCH3 is 3. The molecule has 1 aliphatic heterocycles. The molecule has 2 aromatic rings. The van der Waals surface area contributed by atoms with Gasteiger partial charge in [0.15, 0.2) is 11.5 Å². The summed E-state index contributed by atoms with van der Waals surface area (Å²) in [5.41, 5.74) is 3.81. The van der Waals surface area contributed by atoms with Crippen LogP contribution in [0.3, 0.4) is 0 Å². The standard InChI is InChI=1S/C19H21N3O3/c1-23-17-10-13-6-8-22(15-5-4-14(11-20)21-12-15)9-7-16(13)18(24-2)19(17)25-3/h4-5,10,12H,6-9H2,1-3H3. The fourth-order valence-corrected chi connectivity index (χ4v) is 3.28. The highest BCUT2D eigenvalue weighted by molar-refractivity contribution is 5.60. The summed E-state index contributed by atoms with van der Waals surface area (Å²) < 4.78 is 16.6. The fourth-order valence-electron chi connectivity index (χ4n) is 3.28. The molecule has 1 aromatic carbocycles. The number of ether oxygens (including phenoxy) is 3. The van der Waals surface area contributed by atoms with E-state index in [9.17, 15) is 0 Å². The zero-order valence-electron chi connectivity index (χ0n) is 14.7. The zero-order valence-corrected chi connectivity index (χ0v) is 14.7. The molecule has 0 N–H and O–H groups in total. The van der Waals surface area contributed by atoms with Gasteiger partial charge in [0.05, 0.1) is 33.2 Å². The Bertz CT molecular complexity index is 797. The van der Waals surface area contributed by atoms with Crippen LogP contribution in [0, 0.1) is 11.3 Å². The number of hydrogen-bond donors (Lipinski definition) is 0. The molecule has 0 fully saturated rings. The molecular weight excluding hydrogens is 318 g/mol. The average Bonchev–Trinajstić information content (AvgIpc) is 2.88. The van der Waals surface area contributed by atoms with Crippen molar-refractivity contribution in [3.8, 4) is 23.3 Å². The molecule has 25 heavy (non-hydrogen) atoms. The minimum absolute atomic E-state index is 0.429. The summed E-state index contributed by atoms with van der Waals surface area (Å²) in [4.78, 5) is 6.44. The molecule has 0 spiro atoms. The first-order chi connectivity index (χ1) is 12.2. The largest absolute Gasteiger partial charge is 0.493 e. The van der Waals surface area contributed by atoms with Gasteiger partial charge in [-0.1, -0.05) is 0 Å². The molecule has 0 atom stereocenters. The Morgan fingerprint density at radius 2 is 1.80 bits per heavy atom. The van der Waals surface area contributed by atoms with Gasteiger partial charge in [0.2, 0.25) is 5.75 Å². The highest BCUT2D eigenvalue weighted by atomic mass is 16.5. The summed E-state index contributed by atoms with van der Waals surface area (Å²) >= 11 is 0. The van der Waals surface area contributed by atoms with Gasteiger partial charge in [0, 0.05) is 18.7 Å². The van der Waals surface area contributed by atoms with Crippen LogP contribution in [0.25, 0.3) is 0 Å². The van der Waals surface area contributed by atoms with Crippen molar-refractivity contribution in [3.63, 3.8) is 0 Å². The van der Waals surface area contributed by atoms with Gasteiger partial charge in [0.25, 0.3) is 0 Å². The molecule has 0 radical (unpaired) electrons. The van der Waals surface area contributed by atoms with Crippen molar-refractivity contribution in [2.45, 2.75) is 12.8 Å². The van der Waals surface area contributed by atoms with E-state index in [1.54, 1.807) is 33.6 Å². The monoisotopic (exact) mass is 339 g/mol. The van der Waals surface area contributed by atoms with Crippen LogP contribution in [0.1, 0.15) is 16.8 Å². The van der Waals surface area contributed by atoms with Gasteiger partial charge in [-0.25, -0.2) is 4.98 Å². The molecule has 0 bridgehead atoms. The molecule has 1 aromatic heterocycles. The van der Waals surface area contributed by atoms with Crippen molar-refractivity contribution in [1.29, 1.82) is 5.26 Å². The molecule has 1 aliphatic rings. The van der Waals surface area contributed by atoms with Gasteiger partial charge in [0.1, 0.15) is 11.8 Å². The SMILES string of the molecule is COc1cc2c(c(OC)c1OC)CCN(c1ccc(C#N)nc1)CC2. The minimum atomic E-state index is 0.429. The Morgan fingerprint density at radius 3 is 2.40 bits per heavy atom. The molecule has 6 nitrogen and oxygen atoms in total.